The first-order valence-corrected chi connectivity index (χ1v) is 25.4. The maximum atomic E-state index is 9.22. The van der Waals surface area contributed by atoms with Gasteiger partial charge in [0.2, 0.25) is 0 Å². The number of nitrogens with zero attached hydrogens (tertiary/aromatic N) is 4. The Morgan fingerprint density at radius 2 is 1.17 bits per heavy atom. The topological polar surface area (TPSA) is 33.5 Å². The van der Waals surface area contributed by atoms with Crippen molar-refractivity contribution in [3.63, 3.8) is 0 Å². The number of aromatic nitrogens is 2. The monoisotopic (exact) mass is 985 g/mol. The first-order chi connectivity index (χ1) is 40.4. The number of aryl methyl sites for hydroxylation is 2. The van der Waals surface area contributed by atoms with E-state index in [0.717, 1.165) is 56.1 Å². The molecule has 0 spiro atoms. The van der Waals surface area contributed by atoms with Crippen molar-refractivity contribution < 1.29 is 18.4 Å². The summed E-state index contributed by atoms with van der Waals surface area (Å²) in [6.45, 7) is 8.95. The highest BCUT2D eigenvalue weighted by atomic mass is 16.5. The zero-order chi connectivity index (χ0) is 60.1. The van der Waals surface area contributed by atoms with Crippen LogP contribution in [-0.4, -0.2) is 16.2 Å². The van der Waals surface area contributed by atoms with Crippen LogP contribution in [0, 0.1) is 13.7 Å². The van der Waals surface area contributed by atoms with Gasteiger partial charge >= 0.3 is 0 Å². The van der Waals surface area contributed by atoms with E-state index in [9.17, 15) is 1.37 Å². The normalized spacial score (nSPS) is 15.0. The Balaban J connectivity index is 0.972. The fourth-order valence-electron chi connectivity index (χ4n) is 10.8. The minimum Gasteiger partial charge on any atom is -0.457 e. The van der Waals surface area contributed by atoms with Crippen molar-refractivity contribution in [2.24, 2.45) is 0 Å². The molecule has 0 unspecified atom stereocenters. The van der Waals surface area contributed by atoms with Gasteiger partial charge in [-0.1, -0.05) is 199 Å². The van der Waals surface area contributed by atoms with E-state index in [1.54, 1.807) is 34.9 Å². The molecule has 5 heteroatoms. The molecule has 75 heavy (non-hydrogen) atoms. The van der Waals surface area contributed by atoms with Gasteiger partial charge in [0.1, 0.15) is 24.0 Å². The number of para-hydroxylation sites is 4. The first kappa shape index (κ1) is 37.1. The summed E-state index contributed by atoms with van der Waals surface area (Å²) in [6.07, 6.45) is 1.37. The van der Waals surface area contributed by atoms with E-state index in [-0.39, 0.29) is 56.3 Å². The molecular formula is C70H62N4O. The predicted octanol–water partition coefficient (Wildman–Crippen LogP) is 19.1. The number of rotatable bonds is 9. The Labute approximate surface area is 456 Å². The molecule has 11 aromatic rings. The molecule has 5 nitrogen and oxygen atoms in total. The SMILES string of the molecule is [2H]c1c([2H])c([2H])c2c(c1[2H])c1ccc(Oc3cccc(N4CN(c5c(-c6ccccc6C(C)(C)C)cccc5-c5ccc(-c6ccccc6)cc5C(C)(C)C)c5ccccc54)c3)cc1n2-c1cc(C([2H])([2H])[2H])c(-c2cccc(C([2H])([2H])[2H])c2)cn1. The lowest BCUT2D eigenvalue weighted by molar-refractivity contribution is 0.483. The third-order valence-corrected chi connectivity index (χ3v) is 14.3. The second-order valence-corrected chi connectivity index (χ2v) is 21.4. The lowest BCUT2D eigenvalue weighted by Crippen LogP contribution is -2.25. The van der Waals surface area contributed by atoms with Crippen LogP contribution >= 0.6 is 0 Å². The fraction of sp³-hybridized carbons (Fsp3) is 0.157. The van der Waals surface area contributed by atoms with Crippen LogP contribution in [0.3, 0.4) is 0 Å². The molecule has 3 heterocycles. The summed E-state index contributed by atoms with van der Waals surface area (Å²) in [4.78, 5) is 9.50. The van der Waals surface area contributed by atoms with E-state index >= 15 is 0 Å². The largest absolute Gasteiger partial charge is 0.457 e. The van der Waals surface area contributed by atoms with Gasteiger partial charge in [-0.05, 0) is 118 Å². The highest BCUT2D eigenvalue weighted by Gasteiger charge is 2.34. The van der Waals surface area contributed by atoms with Gasteiger partial charge in [-0.3, -0.25) is 4.57 Å². The third-order valence-electron chi connectivity index (χ3n) is 14.3. The van der Waals surface area contributed by atoms with Gasteiger partial charge in [0.25, 0.3) is 0 Å². The van der Waals surface area contributed by atoms with Gasteiger partial charge in [-0.2, -0.15) is 0 Å². The summed E-state index contributed by atoms with van der Waals surface area (Å²) in [7, 11) is 0. The predicted molar refractivity (Wildman–Crippen MR) is 316 cm³/mol. The lowest BCUT2D eigenvalue weighted by atomic mass is 9.78. The zero-order valence-electron chi connectivity index (χ0n) is 52.9. The van der Waals surface area contributed by atoms with Crippen LogP contribution in [0.15, 0.2) is 218 Å². The number of hydrogen-bond acceptors (Lipinski definition) is 4. The molecule has 0 bridgehead atoms. The second-order valence-electron chi connectivity index (χ2n) is 21.4. The van der Waals surface area contributed by atoms with E-state index in [4.69, 9.17) is 22.1 Å². The molecule has 1 aliphatic rings. The van der Waals surface area contributed by atoms with E-state index in [2.05, 4.69) is 167 Å². The van der Waals surface area contributed by atoms with Crippen molar-refractivity contribution in [3.05, 3.63) is 241 Å². The van der Waals surface area contributed by atoms with Crippen molar-refractivity contribution >= 4 is 44.6 Å². The summed E-state index contributed by atoms with van der Waals surface area (Å²) in [5.41, 5.74) is 13.9. The molecule has 0 atom stereocenters. The van der Waals surface area contributed by atoms with Crippen molar-refractivity contribution in [2.45, 2.75) is 66.1 Å². The summed E-state index contributed by atoms with van der Waals surface area (Å²) >= 11 is 0. The van der Waals surface area contributed by atoms with Gasteiger partial charge < -0.3 is 14.5 Å². The minimum atomic E-state index is -2.71. The van der Waals surface area contributed by atoms with Crippen molar-refractivity contribution in [3.8, 4) is 61.8 Å². The Kier molecular flexibility index (Phi) is 9.24. The van der Waals surface area contributed by atoms with E-state index < -0.39 is 25.8 Å². The average Bonchev–Trinajstić information content (AvgIpc) is 1.92. The highest BCUT2D eigenvalue weighted by Crippen LogP contribution is 2.53. The van der Waals surface area contributed by atoms with Gasteiger partial charge in [0, 0.05) is 59.7 Å². The van der Waals surface area contributed by atoms with Crippen molar-refractivity contribution in [2.75, 3.05) is 16.5 Å². The molecule has 0 amide bonds. The fourth-order valence-corrected chi connectivity index (χ4v) is 10.8. The van der Waals surface area contributed by atoms with E-state index in [1.165, 1.54) is 35.5 Å². The van der Waals surface area contributed by atoms with Crippen molar-refractivity contribution in [1.82, 2.24) is 9.55 Å². The molecule has 0 aliphatic carbocycles. The number of ether oxygens (including phenoxy) is 1. The molecule has 0 N–H and O–H groups in total. The molecule has 0 fully saturated rings. The molecule has 1 aliphatic heterocycles. The third kappa shape index (κ3) is 8.72. The zero-order valence-corrected chi connectivity index (χ0v) is 42.9. The second kappa shape index (κ2) is 18.7. The van der Waals surface area contributed by atoms with Crippen LogP contribution in [0.2, 0.25) is 0 Å². The smallest absolute Gasteiger partial charge is 0.137 e. The Hall–Kier alpha value is -8.67. The highest BCUT2D eigenvalue weighted by molar-refractivity contribution is 6.09. The van der Waals surface area contributed by atoms with Gasteiger partial charge in [-0.15, -0.1) is 0 Å². The minimum absolute atomic E-state index is 0.0406. The number of hydrogen-bond donors (Lipinski definition) is 0. The molecule has 0 saturated carbocycles. The summed E-state index contributed by atoms with van der Waals surface area (Å²) in [5.74, 6) is 0.971. The molecule has 0 saturated heterocycles. The van der Waals surface area contributed by atoms with Crippen LogP contribution in [0.25, 0.3) is 72.1 Å². The molecule has 12 rings (SSSR count). The van der Waals surface area contributed by atoms with Crippen LogP contribution in [0.4, 0.5) is 22.7 Å². The molecule has 2 aromatic heterocycles. The Morgan fingerprint density at radius 1 is 0.493 bits per heavy atom. The van der Waals surface area contributed by atoms with Gasteiger partial charge in [0.05, 0.1) is 33.6 Å². The van der Waals surface area contributed by atoms with Crippen LogP contribution < -0.4 is 14.5 Å². The number of pyridine rings is 1. The number of anilines is 4. The maximum absolute atomic E-state index is 9.22. The van der Waals surface area contributed by atoms with Gasteiger partial charge in [0.15, 0.2) is 0 Å². The maximum Gasteiger partial charge on any atom is 0.137 e. The van der Waals surface area contributed by atoms with Crippen LogP contribution in [0.5, 0.6) is 11.5 Å². The summed E-state index contributed by atoms with van der Waals surface area (Å²) < 4.78 is 94.2. The summed E-state index contributed by atoms with van der Waals surface area (Å²) in [6, 6.07) is 60.4. The average molecular weight is 985 g/mol. The molecule has 9 aromatic carbocycles. The van der Waals surface area contributed by atoms with Gasteiger partial charge in [-0.25, -0.2) is 4.98 Å². The van der Waals surface area contributed by atoms with E-state index in [0.29, 0.717) is 34.6 Å². The Morgan fingerprint density at radius 3 is 1.96 bits per heavy atom. The van der Waals surface area contributed by atoms with Crippen LogP contribution in [0.1, 0.15) is 77.5 Å². The van der Waals surface area contributed by atoms with E-state index in [1.807, 2.05) is 24.3 Å². The summed E-state index contributed by atoms with van der Waals surface area (Å²) in [5, 5.41) is 0.694. The number of benzene rings is 9. The molecule has 368 valence electrons. The number of fused-ring (bicyclic) bond motifs is 4. The quantitative estimate of drug-likeness (QED) is 0.144. The van der Waals surface area contributed by atoms with Crippen LogP contribution in [-0.2, 0) is 10.8 Å². The first-order valence-electron chi connectivity index (χ1n) is 30.4. The lowest BCUT2D eigenvalue weighted by Gasteiger charge is -2.31. The van der Waals surface area contributed by atoms with Crippen molar-refractivity contribution in [1.29, 1.82) is 0 Å². The molecular weight excluding hydrogens is 913 g/mol. The Bertz CT molecular complexity index is 4440. The standard InChI is InChI=1S/C70H62N4O/c1-46-21-18-24-50(39-46)60-44-71-67(40-47(60)2)74-63-32-15-13-28-56(63)57-38-36-53(43-66(57)74)75-52-26-19-25-51(42-52)72-45-73(65-34-17-16-33-64(65)72)68-58(54-27-12-14-31-61(54)69(3,4)5)29-20-30-59(68)55-37-35-49(41-62(55)70(6,7)8)48-22-10-9-11-23-48/h9-44H,45H2,1-8H3/i1D3,2D3,13D,15D,28D,32D. The molecule has 0 radical (unpaired) electrons.